The first-order chi connectivity index (χ1) is 19.3. The fourth-order valence-corrected chi connectivity index (χ4v) is 12.0. The number of amides is 4. The van der Waals surface area contributed by atoms with Crippen molar-refractivity contribution in [1.29, 1.82) is 0 Å². The van der Waals surface area contributed by atoms with Crippen LogP contribution in [-0.4, -0.2) is 47.5 Å². The molecule has 8 heteroatoms. The molecule has 0 spiro atoms. The molecule has 5 aromatic rings. The van der Waals surface area contributed by atoms with E-state index in [0.29, 0.717) is 0 Å². The Bertz CT molecular complexity index is 2110. The molecule has 4 fully saturated rings. The third-order valence-electron chi connectivity index (χ3n) is 11.0. The summed E-state index contributed by atoms with van der Waals surface area (Å²) >= 11 is 3.60. The summed E-state index contributed by atoms with van der Waals surface area (Å²) < 4.78 is 4.97. The van der Waals surface area contributed by atoms with Crippen molar-refractivity contribution in [2.75, 3.05) is 14.1 Å². The zero-order chi connectivity index (χ0) is 26.9. The summed E-state index contributed by atoms with van der Waals surface area (Å²) in [4.78, 5) is 55.5. The van der Waals surface area contributed by atoms with E-state index >= 15 is 0 Å². The predicted molar refractivity (Wildman–Crippen MR) is 154 cm³/mol. The summed E-state index contributed by atoms with van der Waals surface area (Å²) in [5.74, 6) is -2.26. The van der Waals surface area contributed by atoms with Crippen LogP contribution < -0.4 is 0 Å². The molecule has 2 aromatic heterocycles. The summed E-state index contributed by atoms with van der Waals surface area (Å²) in [6.07, 6.45) is 0. The number of imide groups is 2. The third kappa shape index (κ3) is 2.22. The molecule has 40 heavy (non-hydrogen) atoms. The van der Waals surface area contributed by atoms with Gasteiger partial charge in [0.25, 0.3) is 0 Å². The van der Waals surface area contributed by atoms with E-state index in [-0.39, 0.29) is 71.0 Å². The Labute approximate surface area is 236 Å². The lowest BCUT2D eigenvalue weighted by Crippen LogP contribution is -2.63. The number of likely N-dealkylation sites (tertiary alicyclic amines) is 2. The molecule has 2 saturated carbocycles. The topological polar surface area (TPSA) is 74.8 Å². The Kier molecular flexibility index (Phi) is 3.76. The molecule has 10 rings (SSSR count). The van der Waals surface area contributed by atoms with Crippen LogP contribution in [0, 0.1) is 35.5 Å². The maximum Gasteiger partial charge on any atom is 0.233 e. The van der Waals surface area contributed by atoms with Crippen molar-refractivity contribution >= 4 is 86.6 Å². The van der Waals surface area contributed by atoms with Gasteiger partial charge in [-0.1, -0.05) is 24.3 Å². The molecule has 4 amide bonds. The Hall–Kier alpha value is -3.62. The summed E-state index contributed by atoms with van der Waals surface area (Å²) in [6.45, 7) is 0. The van der Waals surface area contributed by atoms with Gasteiger partial charge in [-0.25, -0.2) is 0 Å². The summed E-state index contributed by atoms with van der Waals surface area (Å²) in [5.41, 5.74) is 2.24. The molecule has 2 saturated heterocycles. The van der Waals surface area contributed by atoms with Crippen LogP contribution in [0.2, 0.25) is 0 Å². The molecular weight excluding hydrogens is 540 g/mol. The first-order valence-electron chi connectivity index (χ1n) is 13.8. The van der Waals surface area contributed by atoms with Crippen LogP contribution >= 0.6 is 22.7 Å². The minimum Gasteiger partial charge on any atom is -0.285 e. The van der Waals surface area contributed by atoms with E-state index in [1.54, 1.807) is 25.4 Å². The SMILES string of the molecule is CN1C(=O)C2C(C1=O)[C@H]1c3cc4sc5c6cc7ccccc7cc6sc5c4cc3[C@H]3C4C(=O)N(C)C(=O)C4[C@H]3[C@@H]21. The Morgan fingerprint density at radius 1 is 0.550 bits per heavy atom. The Balaban J connectivity index is 1.23. The normalized spacial score (nSPS) is 33.9. The lowest BCUT2D eigenvalue weighted by molar-refractivity contribution is -0.158. The van der Waals surface area contributed by atoms with Crippen molar-refractivity contribution < 1.29 is 19.2 Å². The van der Waals surface area contributed by atoms with E-state index in [4.69, 9.17) is 0 Å². The van der Waals surface area contributed by atoms with Crippen LogP contribution in [0.25, 0.3) is 40.3 Å². The zero-order valence-electron chi connectivity index (χ0n) is 21.6. The second-order valence-corrected chi connectivity index (χ2v) is 14.4. The zero-order valence-corrected chi connectivity index (χ0v) is 23.2. The highest BCUT2D eigenvalue weighted by molar-refractivity contribution is 7.36. The van der Waals surface area contributed by atoms with Gasteiger partial charge in [0.1, 0.15) is 0 Å². The van der Waals surface area contributed by atoms with Crippen LogP contribution in [0.15, 0.2) is 48.5 Å². The van der Waals surface area contributed by atoms with Crippen molar-refractivity contribution in [2.24, 2.45) is 35.5 Å². The van der Waals surface area contributed by atoms with Gasteiger partial charge in [0.05, 0.1) is 33.1 Å². The van der Waals surface area contributed by atoms with Crippen LogP contribution in [0.1, 0.15) is 23.0 Å². The number of thiophene rings is 2. The largest absolute Gasteiger partial charge is 0.285 e. The van der Waals surface area contributed by atoms with Gasteiger partial charge in [0, 0.05) is 46.1 Å². The monoisotopic (exact) mass is 562 g/mol. The van der Waals surface area contributed by atoms with Crippen LogP contribution in [0.3, 0.4) is 0 Å². The van der Waals surface area contributed by atoms with Crippen LogP contribution in [0.5, 0.6) is 0 Å². The second kappa shape index (κ2) is 6.81. The number of carbonyl (C=O) groups is 4. The molecule has 2 aliphatic heterocycles. The number of hydrogen-bond acceptors (Lipinski definition) is 6. The standard InChI is InChI=1S/C32H22N2O4S2/c1-33-29(35)23-19-13-9-16-18(40-27-15-7-11-5-3-4-6-12(11)8-17(15)39-28(16)27)10-14(13)20-22(21(19)25(23)31(33)37)26-24(20)30(36)34(2)32(26)38/h3-10,19-26H,1-2H3/t19-,20+,21-,22+,23?,24?,25?,26?/m1/s1. The number of fused-ring (bicyclic) bond motifs is 18. The van der Waals surface area contributed by atoms with Gasteiger partial charge < -0.3 is 0 Å². The number of hydrogen-bond donors (Lipinski definition) is 0. The predicted octanol–water partition coefficient (Wildman–Crippen LogP) is 5.32. The van der Waals surface area contributed by atoms with E-state index in [0.717, 1.165) is 11.1 Å². The Morgan fingerprint density at radius 3 is 1.57 bits per heavy atom. The molecule has 6 nitrogen and oxygen atoms in total. The lowest BCUT2D eigenvalue weighted by atomic mass is 9.37. The molecule has 4 heterocycles. The molecule has 8 atom stereocenters. The third-order valence-corrected chi connectivity index (χ3v) is 13.5. The fourth-order valence-electron chi connectivity index (χ4n) is 9.28. The lowest BCUT2D eigenvalue weighted by Gasteiger charge is -2.63. The summed E-state index contributed by atoms with van der Waals surface area (Å²) in [6, 6.07) is 17.5. The second-order valence-electron chi connectivity index (χ2n) is 12.3. The first-order valence-corrected chi connectivity index (χ1v) is 15.4. The van der Waals surface area contributed by atoms with Crippen LogP contribution in [-0.2, 0) is 19.2 Å². The van der Waals surface area contributed by atoms with Crippen molar-refractivity contribution in [1.82, 2.24) is 9.80 Å². The highest BCUT2D eigenvalue weighted by Crippen LogP contribution is 2.74. The number of benzene rings is 3. The van der Waals surface area contributed by atoms with Crippen molar-refractivity contribution in [3.05, 3.63) is 59.7 Å². The van der Waals surface area contributed by atoms with Crippen molar-refractivity contribution in [2.45, 2.75) is 11.8 Å². The summed E-state index contributed by atoms with van der Waals surface area (Å²) in [5, 5.41) is 4.91. The van der Waals surface area contributed by atoms with Crippen molar-refractivity contribution in [3.8, 4) is 0 Å². The summed E-state index contributed by atoms with van der Waals surface area (Å²) in [7, 11) is 3.17. The highest BCUT2D eigenvalue weighted by atomic mass is 32.1. The average Bonchev–Trinajstić information content (AvgIpc) is 3.55. The number of carbonyl (C=O) groups excluding carboxylic acids is 4. The smallest absolute Gasteiger partial charge is 0.233 e. The highest BCUT2D eigenvalue weighted by Gasteiger charge is 2.76. The van der Waals surface area contributed by atoms with Crippen molar-refractivity contribution in [3.63, 3.8) is 0 Å². The molecule has 0 bridgehead atoms. The molecule has 5 aliphatic rings. The van der Waals surface area contributed by atoms with Gasteiger partial charge in [0.15, 0.2) is 0 Å². The maximum atomic E-state index is 13.3. The van der Waals surface area contributed by atoms with E-state index < -0.39 is 0 Å². The molecule has 0 N–H and O–H groups in total. The fraction of sp³-hybridized carbons (Fsp3) is 0.312. The molecule has 196 valence electrons. The van der Waals surface area contributed by atoms with E-state index in [1.807, 2.05) is 11.3 Å². The van der Waals surface area contributed by atoms with Gasteiger partial charge in [-0.05, 0) is 58.0 Å². The van der Waals surface area contributed by atoms with Gasteiger partial charge in [0.2, 0.25) is 23.6 Å². The Morgan fingerprint density at radius 2 is 1.00 bits per heavy atom. The number of nitrogens with zero attached hydrogens (tertiary/aromatic N) is 2. The molecular formula is C32H22N2O4S2. The number of rotatable bonds is 0. The van der Waals surface area contributed by atoms with Gasteiger partial charge >= 0.3 is 0 Å². The molecule has 4 unspecified atom stereocenters. The minimum atomic E-state index is -0.382. The van der Waals surface area contributed by atoms with Gasteiger partial charge in [-0.3, -0.25) is 29.0 Å². The van der Waals surface area contributed by atoms with E-state index in [2.05, 4.69) is 48.5 Å². The molecule has 3 aliphatic carbocycles. The molecule has 0 radical (unpaired) electrons. The van der Waals surface area contributed by atoms with E-state index in [9.17, 15) is 19.2 Å². The van der Waals surface area contributed by atoms with Gasteiger partial charge in [-0.2, -0.15) is 0 Å². The quantitative estimate of drug-likeness (QED) is 0.189. The maximum absolute atomic E-state index is 13.3. The molecule has 3 aromatic carbocycles. The van der Waals surface area contributed by atoms with E-state index in [1.165, 1.54) is 50.1 Å². The first kappa shape index (κ1) is 22.1. The van der Waals surface area contributed by atoms with Gasteiger partial charge in [-0.15, -0.1) is 22.7 Å². The van der Waals surface area contributed by atoms with Crippen LogP contribution in [0.4, 0.5) is 0 Å². The minimum absolute atomic E-state index is 0.0703. The average molecular weight is 563 g/mol.